The molecular formula is C17H15F4N3O. The van der Waals surface area contributed by atoms with Gasteiger partial charge in [0.1, 0.15) is 17.7 Å². The SMILES string of the molecule is CC(C)C(Nc1nc2cc[nH]c(=O)c2c2cc(F)ccc12)C(F)(F)F. The largest absolute Gasteiger partial charge is 0.408 e. The Kier molecular flexibility index (Phi) is 4.14. The molecule has 2 heterocycles. The fraction of sp³-hybridized carbons (Fsp3) is 0.294. The van der Waals surface area contributed by atoms with E-state index >= 15 is 0 Å². The molecule has 0 radical (unpaired) electrons. The number of H-pyrrole nitrogens is 1. The molecule has 8 heteroatoms. The Morgan fingerprint density at radius 3 is 2.52 bits per heavy atom. The van der Waals surface area contributed by atoms with Crippen LogP contribution in [0.25, 0.3) is 21.7 Å². The summed E-state index contributed by atoms with van der Waals surface area (Å²) in [7, 11) is 0. The summed E-state index contributed by atoms with van der Waals surface area (Å²) in [6, 6.07) is 3.20. The standard InChI is InChI=1S/C17H15F4N3O/c1-8(2)14(17(19,20)21)24-15-10-4-3-9(18)7-11(10)13-12(23-15)5-6-22-16(13)25/h3-8,14H,1-2H3,(H,22,25)(H,23,24). The lowest BCUT2D eigenvalue weighted by Gasteiger charge is -2.26. The number of nitrogens with one attached hydrogen (secondary N) is 2. The lowest BCUT2D eigenvalue weighted by molar-refractivity contribution is -0.150. The number of alkyl halides is 3. The van der Waals surface area contributed by atoms with Crippen molar-refractivity contribution in [3.63, 3.8) is 0 Å². The molecule has 0 aliphatic rings. The van der Waals surface area contributed by atoms with Crippen molar-refractivity contribution in [1.29, 1.82) is 0 Å². The Morgan fingerprint density at radius 1 is 1.16 bits per heavy atom. The van der Waals surface area contributed by atoms with Crippen LogP contribution in [0.5, 0.6) is 0 Å². The molecule has 0 saturated heterocycles. The number of halogens is 4. The quantitative estimate of drug-likeness (QED) is 0.548. The van der Waals surface area contributed by atoms with Crippen molar-refractivity contribution in [2.75, 3.05) is 5.32 Å². The first kappa shape index (κ1) is 17.2. The van der Waals surface area contributed by atoms with Crippen LogP contribution in [0.1, 0.15) is 13.8 Å². The van der Waals surface area contributed by atoms with Crippen molar-refractivity contribution in [2.24, 2.45) is 5.92 Å². The molecule has 0 saturated carbocycles. The molecule has 25 heavy (non-hydrogen) atoms. The van der Waals surface area contributed by atoms with Crippen LogP contribution in [0.3, 0.4) is 0 Å². The van der Waals surface area contributed by atoms with E-state index in [1.807, 2.05) is 0 Å². The third-order valence-electron chi connectivity index (χ3n) is 3.99. The van der Waals surface area contributed by atoms with Gasteiger partial charge >= 0.3 is 6.18 Å². The van der Waals surface area contributed by atoms with Gasteiger partial charge in [-0.25, -0.2) is 9.37 Å². The van der Waals surface area contributed by atoms with Crippen LogP contribution in [0.15, 0.2) is 35.3 Å². The van der Waals surface area contributed by atoms with E-state index in [0.29, 0.717) is 0 Å². The number of aromatic nitrogens is 2. The zero-order valence-corrected chi connectivity index (χ0v) is 13.4. The normalized spacial score (nSPS) is 13.6. The van der Waals surface area contributed by atoms with Crippen molar-refractivity contribution < 1.29 is 17.6 Å². The summed E-state index contributed by atoms with van der Waals surface area (Å²) >= 11 is 0. The highest BCUT2D eigenvalue weighted by Gasteiger charge is 2.42. The summed E-state index contributed by atoms with van der Waals surface area (Å²) in [4.78, 5) is 18.7. The summed E-state index contributed by atoms with van der Waals surface area (Å²) in [5, 5.41) is 3.01. The van der Waals surface area contributed by atoms with Crippen molar-refractivity contribution in [2.45, 2.75) is 26.1 Å². The first-order valence-electron chi connectivity index (χ1n) is 7.62. The third kappa shape index (κ3) is 3.16. The molecule has 0 aliphatic carbocycles. The van der Waals surface area contributed by atoms with E-state index < -0.39 is 29.5 Å². The number of fused-ring (bicyclic) bond motifs is 3. The van der Waals surface area contributed by atoms with Crippen molar-refractivity contribution >= 4 is 27.5 Å². The average Bonchev–Trinajstić information content (AvgIpc) is 2.50. The van der Waals surface area contributed by atoms with E-state index in [1.54, 1.807) is 0 Å². The Morgan fingerprint density at radius 2 is 1.88 bits per heavy atom. The zero-order chi connectivity index (χ0) is 18.4. The molecule has 4 nitrogen and oxygen atoms in total. The van der Waals surface area contributed by atoms with Crippen molar-refractivity contribution in [1.82, 2.24) is 9.97 Å². The fourth-order valence-corrected chi connectivity index (χ4v) is 2.82. The third-order valence-corrected chi connectivity index (χ3v) is 3.99. The van der Waals surface area contributed by atoms with Crippen LogP contribution in [-0.2, 0) is 0 Å². The first-order valence-corrected chi connectivity index (χ1v) is 7.62. The maximum Gasteiger partial charge on any atom is 0.408 e. The van der Waals surface area contributed by atoms with E-state index in [9.17, 15) is 22.4 Å². The Bertz CT molecular complexity index is 995. The van der Waals surface area contributed by atoms with E-state index in [4.69, 9.17) is 0 Å². The van der Waals surface area contributed by atoms with E-state index in [-0.39, 0.29) is 27.5 Å². The van der Waals surface area contributed by atoms with Crippen molar-refractivity contribution in [3.8, 4) is 0 Å². The number of nitrogens with zero attached hydrogens (tertiary/aromatic N) is 1. The van der Waals surface area contributed by atoms with Crippen LogP contribution >= 0.6 is 0 Å². The summed E-state index contributed by atoms with van der Waals surface area (Å²) in [5.41, 5.74) is -0.294. The maximum absolute atomic E-state index is 13.7. The molecule has 132 valence electrons. The molecule has 1 unspecified atom stereocenters. The molecule has 0 fully saturated rings. The molecule has 0 spiro atoms. The van der Waals surface area contributed by atoms with Gasteiger partial charge in [0.15, 0.2) is 0 Å². The van der Waals surface area contributed by atoms with Crippen LogP contribution in [0, 0.1) is 11.7 Å². The van der Waals surface area contributed by atoms with Gasteiger partial charge in [-0.1, -0.05) is 13.8 Å². The lowest BCUT2D eigenvalue weighted by atomic mass is 10.0. The first-order chi connectivity index (χ1) is 11.7. The molecule has 3 aromatic rings. The van der Waals surface area contributed by atoms with Crippen molar-refractivity contribution in [3.05, 3.63) is 46.6 Å². The highest BCUT2D eigenvalue weighted by atomic mass is 19.4. The van der Waals surface area contributed by atoms with Crippen LogP contribution < -0.4 is 10.9 Å². The van der Waals surface area contributed by atoms with Gasteiger partial charge in [0.25, 0.3) is 5.56 Å². The molecule has 0 amide bonds. The van der Waals surface area contributed by atoms with Gasteiger partial charge in [-0.05, 0) is 30.2 Å². The molecule has 2 aromatic heterocycles. The Labute approximate surface area is 139 Å². The molecule has 1 atom stereocenters. The van der Waals surface area contributed by atoms with E-state index in [0.717, 1.165) is 12.1 Å². The van der Waals surface area contributed by atoms with Gasteiger partial charge in [-0.15, -0.1) is 0 Å². The van der Waals surface area contributed by atoms with E-state index in [2.05, 4.69) is 15.3 Å². The van der Waals surface area contributed by atoms with Gasteiger partial charge in [-0.2, -0.15) is 13.2 Å². The predicted molar refractivity (Wildman–Crippen MR) is 88.1 cm³/mol. The molecule has 2 N–H and O–H groups in total. The monoisotopic (exact) mass is 353 g/mol. The van der Waals surface area contributed by atoms with Crippen LogP contribution in [-0.4, -0.2) is 22.2 Å². The molecule has 3 rings (SSSR count). The second-order valence-electron chi connectivity index (χ2n) is 6.12. The predicted octanol–water partition coefficient (Wildman–Crippen LogP) is 4.21. The smallest absolute Gasteiger partial charge is 0.358 e. The van der Waals surface area contributed by atoms with Gasteiger partial charge in [-0.3, -0.25) is 4.79 Å². The highest BCUT2D eigenvalue weighted by Crippen LogP contribution is 2.33. The van der Waals surface area contributed by atoms with Gasteiger partial charge in [0.2, 0.25) is 0 Å². The maximum atomic E-state index is 13.7. The zero-order valence-electron chi connectivity index (χ0n) is 13.4. The summed E-state index contributed by atoms with van der Waals surface area (Å²) < 4.78 is 53.6. The summed E-state index contributed by atoms with van der Waals surface area (Å²) in [6.07, 6.45) is -3.14. The fourth-order valence-electron chi connectivity index (χ4n) is 2.82. The van der Waals surface area contributed by atoms with Crippen LogP contribution in [0.2, 0.25) is 0 Å². The van der Waals surface area contributed by atoms with E-state index in [1.165, 1.54) is 32.2 Å². The second-order valence-corrected chi connectivity index (χ2v) is 6.12. The highest BCUT2D eigenvalue weighted by molar-refractivity contribution is 6.09. The number of anilines is 1. The average molecular weight is 353 g/mol. The minimum atomic E-state index is -4.48. The molecule has 1 aromatic carbocycles. The summed E-state index contributed by atoms with van der Waals surface area (Å²) in [5.74, 6) is -1.37. The number of aromatic amines is 1. The minimum absolute atomic E-state index is 0.0378. The Balaban J connectivity index is 2.29. The van der Waals surface area contributed by atoms with Gasteiger partial charge in [0.05, 0.1) is 10.9 Å². The Hall–Kier alpha value is -2.64. The minimum Gasteiger partial charge on any atom is -0.358 e. The molecule has 0 bridgehead atoms. The topological polar surface area (TPSA) is 57.8 Å². The molecule has 0 aliphatic heterocycles. The van der Waals surface area contributed by atoms with Gasteiger partial charge < -0.3 is 10.3 Å². The lowest BCUT2D eigenvalue weighted by Crippen LogP contribution is -2.40. The second kappa shape index (κ2) is 6.02. The number of benzene rings is 1. The molecular weight excluding hydrogens is 338 g/mol. The number of hydrogen-bond donors (Lipinski definition) is 2. The number of rotatable bonds is 3. The van der Waals surface area contributed by atoms with Gasteiger partial charge in [0, 0.05) is 17.0 Å². The summed E-state index contributed by atoms with van der Waals surface area (Å²) in [6.45, 7) is 2.89. The van der Waals surface area contributed by atoms with Crippen LogP contribution in [0.4, 0.5) is 23.4 Å². The number of pyridine rings is 2. The number of hydrogen-bond acceptors (Lipinski definition) is 3.